The van der Waals surface area contributed by atoms with Crippen LogP contribution in [0.15, 0.2) is 23.0 Å². The van der Waals surface area contributed by atoms with Crippen molar-refractivity contribution in [3.05, 3.63) is 39.1 Å². The zero-order chi connectivity index (χ0) is 14.7. The monoisotopic (exact) mass is 295 g/mol. The van der Waals surface area contributed by atoms with E-state index in [-0.39, 0.29) is 5.56 Å². The molecule has 1 aromatic carbocycles. The van der Waals surface area contributed by atoms with Gasteiger partial charge in [-0.25, -0.2) is 4.39 Å². The Kier molecular flexibility index (Phi) is 4.67. The Morgan fingerprint density at radius 2 is 2.05 bits per heavy atom. The van der Waals surface area contributed by atoms with E-state index in [4.69, 9.17) is 12.2 Å². The Balaban J connectivity index is 2.43. The minimum absolute atomic E-state index is 0.240. The summed E-state index contributed by atoms with van der Waals surface area (Å²) >= 11 is 5.22. The van der Waals surface area contributed by atoms with Crippen LogP contribution < -0.4 is 5.56 Å². The van der Waals surface area contributed by atoms with Crippen molar-refractivity contribution >= 4 is 23.1 Å². The van der Waals surface area contributed by atoms with Gasteiger partial charge in [-0.05, 0) is 43.5 Å². The number of rotatable bonds is 5. The average Bonchev–Trinajstić information content (AvgIpc) is 2.44. The predicted molar refractivity (Wildman–Crippen MR) is 81.1 cm³/mol. The van der Waals surface area contributed by atoms with Crippen LogP contribution in [0.25, 0.3) is 10.9 Å². The first-order valence-electron chi connectivity index (χ1n) is 6.71. The Morgan fingerprint density at radius 1 is 1.35 bits per heavy atom. The standard InChI is InChI=1S/C14H18FN3OS/c1-3-17(4-2)7-8-18-13(19)11-9-10(15)5-6-12(11)16-14(18)20/h5-6,9H,3-4,7-8H2,1-2H3,(H,16,20). The van der Waals surface area contributed by atoms with Gasteiger partial charge in [0.15, 0.2) is 4.77 Å². The fraction of sp³-hybridized carbons (Fsp3) is 0.429. The van der Waals surface area contributed by atoms with Crippen LogP contribution in [0.4, 0.5) is 4.39 Å². The molecule has 2 aromatic rings. The number of halogens is 1. The molecular weight excluding hydrogens is 277 g/mol. The lowest BCUT2D eigenvalue weighted by molar-refractivity contribution is 0.288. The lowest BCUT2D eigenvalue weighted by atomic mass is 10.2. The van der Waals surface area contributed by atoms with E-state index in [2.05, 4.69) is 23.7 Å². The minimum Gasteiger partial charge on any atom is -0.332 e. The van der Waals surface area contributed by atoms with Gasteiger partial charge in [-0.1, -0.05) is 13.8 Å². The molecule has 0 aliphatic carbocycles. The zero-order valence-electron chi connectivity index (χ0n) is 11.6. The Labute approximate surface area is 121 Å². The van der Waals surface area contributed by atoms with Crippen LogP contribution in [0.3, 0.4) is 0 Å². The molecule has 20 heavy (non-hydrogen) atoms. The lowest BCUT2D eigenvalue weighted by Crippen LogP contribution is -2.31. The fourth-order valence-electron chi connectivity index (χ4n) is 2.21. The Bertz CT molecular complexity index is 718. The molecule has 0 aliphatic heterocycles. The molecule has 1 N–H and O–H groups in total. The van der Waals surface area contributed by atoms with E-state index in [0.29, 0.717) is 22.2 Å². The van der Waals surface area contributed by atoms with Crippen LogP contribution in [-0.4, -0.2) is 34.1 Å². The third kappa shape index (κ3) is 2.96. The molecule has 6 heteroatoms. The second-order valence-electron chi connectivity index (χ2n) is 4.60. The van der Waals surface area contributed by atoms with Gasteiger partial charge >= 0.3 is 0 Å². The summed E-state index contributed by atoms with van der Waals surface area (Å²) in [6.45, 7) is 7.23. The number of nitrogens with one attached hydrogen (secondary N) is 1. The van der Waals surface area contributed by atoms with Crippen molar-refractivity contribution in [3.8, 4) is 0 Å². The first kappa shape index (κ1) is 14.9. The van der Waals surface area contributed by atoms with Gasteiger partial charge in [0.05, 0.1) is 10.9 Å². The lowest BCUT2D eigenvalue weighted by Gasteiger charge is -2.18. The first-order chi connectivity index (χ1) is 9.56. The third-order valence-electron chi connectivity index (χ3n) is 3.48. The van der Waals surface area contributed by atoms with E-state index < -0.39 is 5.82 Å². The second-order valence-corrected chi connectivity index (χ2v) is 4.99. The summed E-state index contributed by atoms with van der Waals surface area (Å²) in [7, 11) is 0. The molecule has 0 saturated heterocycles. The van der Waals surface area contributed by atoms with Gasteiger partial charge in [-0.2, -0.15) is 0 Å². The maximum absolute atomic E-state index is 13.3. The summed E-state index contributed by atoms with van der Waals surface area (Å²) in [5, 5.41) is 0.332. The molecule has 2 rings (SSSR count). The summed E-state index contributed by atoms with van der Waals surface area (Å²) in [5.41, 5.74) is 0.330. The van der Waals surface area contributed by atoms with Gasteiger partial charge < -0.3 is 9.88 Å². The fourth-order valence-corrected chi connectivity index (χ4v) is 2.49. The highest BCUT2D eigenvalue weighted by Crippen LogP contribution is 2.09. The molecule has 0 bridgehead atoms. The van der Waals surface area contributed by atoms with Crippen molar-refractivity contribution in [2.24, 2.45) is 0 Å². The first-order valence-corrected chi connectivity index (χ1v) is 7.12. The van der Waals surface area contributed by atoms with E-state index >= 15 is 0 Å². The van der Waals surface area contributed by atoms with Crippen molar-refractivity contribution in [1.29, 1.82) is 0 Å². The maximum atomic E-state index is 13.3. The number of hydrogen-bond acceptors (Lipinski definition) is 3. The highest BCUT2D eigenvalue weighted by Gasteiger charge is 2.08. The van der Waals surface area contributed by atoms with Crippen LogP contribution in [0.2, 0.25) is 0 Å². The molecule has 0 spiro atoms. The van der Waals surface area contributed by atoms with Gasteiger partial charge in [0.2, 0.25) is 0 Å². The number of H-pyrrole nitrogens is 1. The third-order valence-corrected chi connectivity index (χ3v) is 3.80. The van der Waals surface area contributed by atoms with E-state index in [1.165, 1.54) is 22.8 Å². The molecule has 0 unspecified atom stereocenters. The van der Waals surface area contributed by atoms with Gasteiger partial charge in [0.25, 0.3) is 5.56 Å². The van der Waals surface area contributed by atoms with Crippen LogP contribution in [0, 0.1) is 10.6 Å². The van der Waals surface area contributed by atoms with Crippen molar-refractivity contribution in [2.75, 3.05) is 19.6 Å². The van der Waals surface area contributed by atoms with Crippen molar-refractivity contribution in [3.63, 3.8) is 0 Å². The Morgan fingerprint density at radius 3 is 2.70 bits per heavy atom. The largest absolute Gasteiger partial charge is 0.332 e. The van der Waals surface area contributed by atoms with Gasteiger partial charge in [-0.3, -0.25) is 9.36 Å². The van der Waals surface area contributed by atoms with Gasteiger partial charge in [0, 0.05) is 13.1 Å². The second kappa shape index (κ2) is 6.28. The average molecular weight is 295 g/mol. The summed E-state index contributed by atoms with van der Waals surface area (Å²) in [5.74, 6) is -0.421. The quantitative estimate of drug-likeness (QED) is 0.862. The molecule has 0 fully saturated rings. The molecule has 1 aromatic heterocycles. The molecule has 4 nitrogen and oxygen atoms in total. The van der Waals surface area contributed by atoms with E-state index in [1.807, 2.05) is 0 Å². The number of benzene rings is 1. The number of aromatic nitrogens is 2. The minimum atomic E-state index is -0.421. The van der Waals surface area contributed by atoms with Crippen LogP contribution in [0.1, 0.15) is 13.8 Å². The normalized spacial score (nSPS) is 11.4. The van der Waals surface area contributed by atoms with Crippen molar-refractivity contribution in [1.82, 2.24) is 14.5 Å². The summed E-state index contributed by atoms with van der Waals surface area (Å²) in [6.07, 6.45) is 0. The molecule has 0 aliphatic rings. The van der Waals surface area contributed by atoms with Crippen molar-refractivity contribution < 1.29 is 4.39 Å². The van der Waals surface area contributed by atoms with Crippen LogP contribution in [-0.2, 0) is 6.54 Å². The smallest absolute Gasteiger partial charge is 0.262 e. The maximum Gasteiger partial charge on any atom is 0.262 e. The van der Waals surface area contributed by atoms with Gasteiger partial charge in [-0.15, -0.1) is 0 Å². The SMILES string of the molecule is CCN(CC)CCn1c(=S)[nH]c2ccc(F)cc2c1=O. The molecule has 0 amide bonds. The zero-order valence-corrected chi connectivity index (χ0v) is 12.5. The van der Waals surface area contributed by atoms with Gasteiger partial charge in [0.1, 0.15) is 5.82 Å². The van der Waals surface area contributed by atoms with Crippen LogP contribution >= 0.6 is 12.2 Å². The Hall–Kier alpha value is -1.53. The molecular formula is C14H18FN3OS. The molecule has 0 radical (unpaired) electrons. The number of aromatic amines is 1. The number of likely N-dealkylation sites (N-methyl/N-ethyl adjacent to an activating group) is 1. The predicted octanol–water partition coefficient (Wildman–Crippen LogP) is 2.54. The molecule has 0 saturated carbocycles. The number of nitrogens with zero attached hydrogens (tertiary/aromatic N) is 2. The van der Waals surface area contributed by atoms with E-state index in [0.717, 1.165) is 19.6 Å². The summed E-state index contributed by atoms with van der Waals surface area (Å²) in [6, 6.07) is 4.10. The van der Waals surface area contributed by atoms with Crippen LogP contribution in [0.5, 0.6) is 0 Å². The highest BCUT2D eigenvalue weighted by molar-refractivity contribution is 7.71. The summed E-state index contributed by atoms with van der Waals surface area (Å²) < 4.78 is 15.1. The topological polar surface area (TPSA) is 41.0 Å². The van der Waals surface area contributed by atoms with Crippen molar-refractivity contribution in [2.45, 2.75) is 20.4 Å². The molecule has 1 heterocycles. The number of fused-ring (bicyclic) bond motifs is 1. The molecule has 108 valence electrons. The highest BCUT2D eigenvalue weighted by atomic mass is 32.1. The molecule has 0 atom stereocenters. The summed E-state index contributed by atoms with van der Waals surface area (Å²) in [4.78, 5) is 17.6. The van der Waals surface area contributed by atoms with E-state index in [9.17, 15) is 9.18 Å². The number of hydrogen-bond donors (Lipinski definition) is 1. The van der Waals surface area contributed by atoms with E-state index in [1.54, 1.807) is 0 Å².